The summed E-state index contributed by atoms with van der Waals surface area (Å²) in [4.78, 5) is 44.4. The molecule has 1 aromatic heterocycles. The molecule has 7 nitrogen and oxygen atoms in total. The van der Waals surface area contributed by atoms with E-state index in [-0.39, 0.29) is 37.1 Å². The molecule has 2 fully saturated rings. The first kappa shape index (κ1) is 21.8. The number of fused-ring (bicyclic) bond motifs is 1. The predicted octanol–water partition coefficient (Wildman–Crippen LogP) is 3.21. The Labute approximate surface area is 181 Å². The first-order chi connectivity index (χ1) is 15.2. The number of amides is 2. The molecule has 168 valence electrons. The van der Waals surface area contributed by atoms with Crippen molar-refractivity contribution in [1.29, 1.82) is 0 Å². The van der Waals surface area contributed by atoms with Gasteiger partial charge in [0.1, 0.15) is 18.3 Å². The molecule has 2 amide bonds. The Balaban J connectivity index is 1.42. The number of rotatable bonds is 3. The summed E-state index contributed by atoms with van der Waals surface area (Å²) in [7, 11) is 0. The van der Waals surface area contributed by atoms with E-state index in [2.05, 4.69) is 4.98 Å². The van der Waals surface area contributed by atoms with Gasteiger partial charge in [-0.1, -0.05) is 24.3 Å². The molecule has 0 radical (unpaired) electrons. The second-order valence-corrected chi connectivity index (χ2v) is 7.75. The van der Waals surface area contributed by atoms with Gasteiger partial charge >= 0.3 is 12.3 Å². The van der Waals surface area contributed by atoms with Crippen LogP contribution in [0.5, 0.6) is 0 Å². The molecule has 4 rings (SSSR count). The molecule has 2 aliphatic heterocycles. The van der Waals surface area contributed by atoms with Crippen LogP contribution >= 0.6 is 0 Å². The lowest BCUT2D eigenvalue weighted by Crippen LogP contribution is -2.43. The van der Waals surface area contributed by atoms with Crippen LogP contribution in [-0.2, 0) is 22.3 Å². The largest absolute Gasteiger partial charge is 0.444 e. The topological polar surface area (TPSA) is 79.8 Å². The number of benzene rings is 1. The number of ether oxygens (including phenoxy) is 1. The average molecular weight is 447 g/mol. The number of alkyl halides is 3. The van der Waals surface area contributed by atoms with Crippen molar-refractivity contribution < 1.29 is 32.3 Å². The van der Waals surface area contributed by atoms with E-state index in [4.69, 9.17) is 4.74 Å². The van der Waals surface area contributed by atoms with Crippen LogP contribution in [0.2, 0.25) is 0 Å². The maximum absolute atomic E-state index is 12.8. The molecule has 3 heterocycles. The molecule has 0 saturated carbocycles. The summed E-state index contributed by atoms with van der Waals surface area (Å²) >= 11 is 0. The number of nitrogens with zero attached hydrogens (tertiary/aromatic N) is 3. The molecule has 0 unspecified atom stereocenters. The lowest BCUT2D eigenvalue weighted by atomic mass is 10.1. The van der Waals surface area contributed by atoms with Gasteiger partial charge in [0, 0.05) is 23.4 Å². The van der Waals surface area contributed by atoms with Crippen molar-refractivity contribution in [3.8, 4) is 0 Å². The van der Waals surface area contributed by atoms with Gasteiger partial charge in [0.2, 0.25) is 0 Å². The molecule has 2 aliphatic rings. The molecule has 0 spiro atoms. The fourth-order valence-electron chi connectivity index (χ4n) is 4.17. The van der Waals surface area contributed by atoms with Crippen LogP contribution in [-0.4, -0.2) is 57.7 Å². The number of aryl methyl sites for hydroxylation is 1. The SMILES string of the molecule is Cc1nc(C(F)(F)F)ccc1COC(=O)N1CC[C@@H]2[C@H]1C(=O)CN2C(=O)c1ccccc1. The van der Waals surface area contributed by atoms with E-state index in [0.29, 0.717) is 17.5 Å². The van der Waals surface area contributed by atoms with Gasteiger partial charge in [0.25, 0.3) is 5.91 Å². The molecule has 1 aromatic carbocycles. The second kappa shape index (κ2) is 8.25. The third-order valence-electron chi connectivity index (χ3n) is 5.78. The van der Waals surface area contributed by atoms with Crippen molar-refractivity contribution in [3.05, 3.63) is 65.0 Å². The number of aromatic nitrogens is 1. The van der Waals surface area contributed by atoms with Crippen molar-refractivity contribution in [1.82, 2.24) is 14.8 Å². The van der Waals surface area contributed by atoms with Crippen molar-refractivity contribution in [2.75, 3.05) is 13.1 Å². The number of hydrogen-bond donors (Lipinski definition) is 0. The van der Waals surface area contributed by atoms with E-state index in [0.717, 1.165) is 6.07 Å². The fraction of sp³-hybridized carbons (Fsp3) is 0.364. The Morgan fingerprint density at radius 2 is 1.84 bits per heavy atom. The second-order valence-electron chi connectivity index (χ2n) is 7.75. The van der Waals surface area contributed by atoms with Crippen LogP contribution in [0.4, 0.5) is 18.0 Å². The summed E-state index contributed by atoms with van der Waals surface area (Å²) in [5, 5.41) is 0. The molecular formula is C22H20F3N3O4. The first-order valence-electron chi connectivity index (χ1n) is 10.0. The Hall–Kier alpha value is -3.43. The summed E-state index contributed by atoms with van der Waals surface area (Å²) in [6.07, 6.45) is -4.87. The zero-order chi connectivity index (χ0) is 23.0. The Morgan fingerprint density at radius 3 is 2.50 bits per heavy atom. The minimum atomic E-state index is -4.56. The molecule has 32 heavy (non-hydrogen) atoms. The van der Waals surface area contributed by atoms with Gasteiger partial charge in [-0.15, -0.1) is 0 Å². The number of hydrogen-bond acceptors (Lipinski definition) is 5. The smallest absolute Gasteiger partial charge is 0.433 e. The van der Waals surface area contributed by atoms with Crippen molar-refractivity contribution >= 4 is 17.8 Å². The number of pyridine rings is 1. The van der Waals surface area contributed by atoms with Gasteiger partial charge in [-0.2, -0.15) is 13.2 Å². The quantitative estimate of drug-likeness (QED) is 0.722. The van der Waals surface area contributed by atoms with Crippen molar-refractivity contribution in [2.45, 2.75) is 38.2 Å². The Morgan fingerprint density at radius 1 is 1.12 bits per heavy atom. The minimum absolute atomic E-state index is 0.0885. The fourth-order valence-corrected chi connectivity index (χ4v) is 4.17. The van der Waals surface area contributed by atoms with Gasteiger partial charge < -0.3 is 9.64 Å². The van der Waals surface area contributed by atoms with E-state index in [1.54, 1.807) is 30.3 Å². The molecular weight excluding hydrogens is 427 g/mol. The van der Waals surface area contributed by atoms with E-state index in [9.17, 15) is 27.6 Å². The Bertz CT molecular complexity index is 1060. The maximum Gasteiger partial charge on any atom is 0.433 e. The molecule has 10 heteroatoms. The summed E-state index contributed by atoms with van der Waals surface area (Å²) < 4.78 is 43.6. The number of carbonyl (C=O) groups is 3. The summed E-state index contributed by atoms with van der Waals surface area (Å²) in [6.45, 7) is 1.28. The van der Waals surface area contributed by atoms with Crippen LogP contribution < -0.4 is 0 Å². The normalized spacial score (nSPS) is 20.4. The lowest BCUT2D eigenvalue weighted by Gasteiger charge is -2.24. The van der Waals surface area contributed by atoms with Gasteiger partial charge in [-0.25, -0.2) is 9.78 Å². The third-order valence-corrected chi connectivity index (χ3v) is 5.78. The van der Waals surface area contributed by atoms with Gasteiger partial charge in [-0.05, 0) is 31.5 Å². The van der Waals surface area contributed by atoms with Gasteiger partial charge in [0.15, 0.2) is 5.78 Å². The monoisotopic (exact) mass is 447 g/mol. The molecule has 2 saturated heterocycles. The molecule has 2 atom stereocenters. The number of halogens is 3. The van der Waals surface area contributed by atoms with Crippen LogP contribution in [0, 0.1) is 6.92 Å². The first-order valence-corrected chi connectivity index (χ1v) is 10.0. The highest BCUT2D eigenvalue weighted by molar-refractivity contribution is 6.02. The van der Waals surface area contributed by atoms with E-state index < -0.39 is 30.0 Å². The zero-order valence-corrected chi connectivity index (χ0v) is 17.1. The van der Waals surface area contributed by atoms with Crippen LogP contribution in [0.25, 0.3) is 0 Å². The highest BCUT2D eigenvalue weighted by atomic mass is 19.4. The van der Waals surface area contributed by atoms with E-state index in [1.165, 1.54) is 22.8 Å². The van der Waals surface area contributed by atoms with E-state index in [1.807, 2.05) is 0 Å². The summed E-state index contributed by atoms with van der Waals surface area (Å²) in [6, 6.07) is 9.41. The molecule has 2 aromatic rings. The number of ketones is 1. The van der Waals surface area contributed by atoms with Crippen molar-refractivity contribution in [2.24, 2.45) is 0 Å². The molecule has 0 aliphatic carbocycles. The minimum Gasteiger partial charge on any atom is -0.444 e. The molecule has 0 bridgehead atoms. The number of likely N-dealkylation sites (tertiary alicyclic amines) is 2. The summed E-state index contributed by atoms with van der Waals surface area (Å²) in [5.41, 5.74) is -0.122. The maximum atomic E-state index is 12.8. The standard InChI is InChI=1S/C22H20F3N3O4/c1-13-15(7-8-18(26-13)22(23,24)25)12-32-21(31)27-10-9-16-19(27)17(29)11-28(16)20(30)14-5-3-2-4-6-14/h2-8,16,19H,9-12H2,1H3/t16-,19+/m1/s1. The van der Waals surface area contributed by atoms with E-state index >= 15 is 0 Å². The van der Waals surface area contributed by atoms with Crippen LogP contribution in [0.3, 0.4) is 0 Å². The van der Waals surface area contributed by atoms with Crippen molar-refractivity contribution in [3.63, 3.8) is 0 Å². The zero-order valence-electron chi connectivity index (χ0n) is 17.1. The third kappa shape index (κ3) is 4.04. The Kier molecular flexibility index (Phi) is 5.62. The van der Waals surface area contributed by atoms with Crippen LogP contribution in [0.1, 0.15) is 33.7 Å². The highest BCUT2D eigenvalue weighted by Crippen LogP contribution is 2.32. The highest BCUT2D eigenvalue weighted by Gasteiger charge is 2.52. The average Bonchev–Trinajstić information content (AvgIpc) is 3.33. The van der Waals surface area contributed by atoms with Crippen LogP contribution in [0.15, 0.2) is 42.5 Å². The predicted molar refractivity (Wildman–Crippen MR) is 106 cm³/mol. The summed E-state index contributed by atoms with van der Waals surface area (Å²) in [5.74, 6) is -0.519. The van der Waals surface area contributed by atoms with Gasteiger partial charge in [0.05, 0.1) is 12.6 Å². The number of carbonyl (C=O) groups excluding carboxylic acids is 3. The number of Topliss-reactive ketones (excluding diaryl/α,β-unsaturated/α-hetero) is 1. The lowest BCUT2D eigenvalue weighted by molar-refractivity contribution is -0.141. The molecule has 0 N–H and O–H groups in total. The van der Waals surface area contributed by atoms with Gasteiger partial charge in [-0.3, -0.25) is 14.5 Å².